The Kier molecular flexibility index (Phi) is 5.84. The van der Waals surface area contributed by atoms with Gasteiger partial charge in [0, 0.05) is 17.7 Å². The molecule has 0 fully saturated rings. The van der Waals surface area contributed by atoms with Crippen LogP contribution in [0.1, 0.15) is 5.56 Å². The molecule has 4 aromatic rings. The topological polar surface area (TPSA) is 74.8 Å². The highest BCUT2D eigenvalue weighted by molar-refractivity contribution is 5.83. The highest BCUT2D eigenvalue weighted by atomic mass is 16.5. The van der Waals surface area contributed by atoms with Crippen LogP contribution < -0.4 is 23.7 Å². The number of hydrogen-bond acceptors (Lipinski definition) is 6. The molecule has 0 amide bonds. The second kappa shape index (κ2) is 8.87. The maximum absolute atomic E-state index is 6.03. The Hall–Kier alpha value is -3.87. The first-order valence-electron chi connectivity index (χ1n) is 9.71. The minimum Gasteiger partial charge on any atom is -0.493 e. The molecule has 0 bridgehead atoms. The Morgan fingerprint density at radius 1 is 0.742 bits per heavy atom. The third-order valence-electron chi connectivity index (χ3n) is 4.95. The van der Waals surface area contributed by atoms with Gasteiger partial charge in [-0.25, -0.2) is 4.98 Å². The normalized spacial score (nSPS) is 10.7. The van der Waals surface area contributed by atoms with Crippen LogP contribution in [-0.2, 0) is 6.61 Å². The van der Waals surface area contributed by atoms with E-state index in [-0.39, 0.29) is 0 Å². The van der Waals surface area contributed by atoms with Gasteiger partial charge in [-0.05, 0) is 17.7 Å². The molecule has 0 radical (unpaired) electrons. The van der Waals surface area contributed by atoms with Crippen LogP contribution in [0.15, 0.2) is 54.6 Å². The van der Waals surface area contributed by atoms with Crippen molar-refractivity contribution < 1.29 is 23.7 Å². The zero-order valence-electron chi connectivity index (χ0n) is 17.9. The van der Waals surface area contributed by atoms with E-state index >= 15 is 0 Å². The molecule has 1 heterocycles. The summed E-state index contributed by atoms with van der Waals surface area (Å²) in [4.78, 5) is 8.02. The molecule has 1 aromatic heterocycles. The summed E-state index contributed by atoms with van der Waals surface area (Å²) in [6.07, 6.45) is 0. The second-order valence-electron chi connectivity index (χ2n) is 6.79. The molecule has 0 spiro atoms. The summed E-state index contributed by atoms with van der Waals surface area (Å²) in [5.41, 5.74) is 3.44. The fraction of sp³-hybridized carbons (Fsp3) is 0.208. The van der Waals surface area contributed by atoms with Crippen molar-refractivity contribution in [3.8, 4) is 40.1 Å². The van der Waals surface area contributed by atoms with E-state index in [2.05, 4.69) is 4.98 Å². The van der Waals surface area contributed by atoms with Gasteiger partial charge < -0.3 is 28.7 Å². The maximum atomic E-state index is 6.03. The minimum absolute atomic E-state index is 0.400. The van der Waals surface area contributed by atoms with Crippen LogP contribution in [-0.4, -0.2) is 38.4 Å². The number of ether oxygens (including phenoxy) is 5. The van der Waals surface area contributed by atoms with E-state index in [0.29, 0.717) is 41.2 Å². The summed E-state index contributed by atoms with van der Waals surface area (Å²) in [7, 11) is 6.40. The van der Waals surface area contributed by atoms with Crippen molar-refractivity contribution in [1.82, 2.24) is 9.97 Å². The van der Waals surface area contributed by atoms with Gasteiger partial charge in [0.05, 0.1) is 39.5 Å². The van der Waals surface area contributed by atoms with Crippen LogP contribution in [0.2, 0.25) is 0 Å². The lowest BCUT2D eigenvalue weighted by Crippen LogP contribution is -2.00. The zero-order chi connectivity index (χ0) is 21.8. The van der Waals surface area contributed by atoms with Gasteiger partial charge >= 0.3 is 0 Å². The monoisotopic (exact) mass is 420 g/mol. The van der Waals surface area contributed by atoms with Gasteiger partial charge in [-0.2, -0.15) is 0 Å². The average molecular weight is 420 g/mol. The molecule has 4 rings (SSSR count). The molecule has 0 saturated heterocycles. The minimum atomic E-state index is 0.400. The van der Waals surface area contributed by atoms with Crippen LogP contribution in [0.3, 0.4) is 0 Å². The van der Waals surface area contributed by atoms with E-state index in [9.17, 15) is 0 Å². The van der Waals surface area contributed by atoms with E-state index < -0.39 is 0 Å². The summed E-state index contributed by atoms with van der Waals surface area (Å²) >= 11 is 0. The lowest BCUT2D eigenvalue weighted by atomic mass is 10.1. The number of hydrogen-bond donors (Lipinski definition) is 1. The number of nitrogens with zero attached hydrogens (tertiary/aromatic N) is 1. The molecule has 7 heteroatoms. The number of nitrogens with one attached hydrogen (secondary N) is 1. The summed E-state index contributed by atoms with van der Waals surface area (Å²) < 4.78 is 28.0. The van der Waals surface area contributed by atoms with E-state index in [1.807, 2.05) is 54.6 Å². The predicted molar refractivity (Wildman–Crippen MR) is 119 cm³/mol. The van der Waals surface area contributed by atoms with E-state index in [4.69, 9.17) is 28.7 Å². The number of aromatic amines is 1. The Morgan fingerprint density at radius 2 is 1.35 bits per heavy atom. The van der Waals surface area contributed by atoms with Crippen molar-refractivity contribution in [3.05, 3.63) is 60.2 Å². The van der Waals surface area contributed by atoms with Crippen molar-refractivity contribution in [2.75, 3.05) is 28.4 Å². The molecule has 0 aliphatic rings. The fourth-order valence-corrected chi connectivity index (χ4v) is 3.36. The molecule has 7 nitrogen and oxygen atoms in total. The van der Waals surface area contributed by atoms with E-state index in [0.717, 1.165) is 22.2 Å². The molecule has 0 atom stereocenters. The molecule has 0 aliphatic heterocycles. The number of rotatable bonds is 8. The molecule has 31 heavy (non-hydrogen) atoms. The van der Waals surface area contributed by atoms with Crippen molar-refractivity contribution in [3.63, 3.8) is 0 Å². The van der Waals surface area contributed by atoms with E-state index in [1.54, 1.807) is 28.4 Å². The van der Waals surface area contributed by atoms with Gasteiger partial charge in [0.15, 0.2) is 23.0 Å². The first kappa shape index (κ1) is 20.4. The SMILES string of the molecule is COc1cc2nc(-c3cc(OC)c(OCc4ccccc4)c(OC)c3)[nH]c2cc1OC. The standard InChI is InChI=1S/C24H24N2O5/c1-27-19-12-17-18(13-20(19)28-2)26-24(25-17)16-10-21(29-3)23(22(11-16)30-4)31-14-15-8-6-5-7-9-15/h5-13H,14H2,1-4H3,(H,25,26). The van der Waals surface area contributed by atoms with E-state index in [1.165, 1.54) is 0 Å². The number of H-pyrrole nitrogens is 1. The first-order chi connectivity index (χ1) is 15.2. The molecule has 160 valence electrons. The molecular weight excluding hydrogens is 396 g/mol. The predicted octanol–water partition coefficient (Wildman–Crippen LogP) is 4.84. The quantitative estimate of drug-likeness (QED) is 0.440. The van der Waals surface area contributed by atoms with Crippen molar-refractivity contribution in [2.45, 2.75) is 6.61 Å². The Morgan fingerprint density at radius 3 is 1.97 bits per heavy atom. The van der Waals surface area contributed by atoms with Crippen molar-refractivity contribution in [2.24, 2.45) is 0 Å². The lowest BCUT2D eigenvalue weighted by Gasteiger charge is -2.15. The highest BCUT2D eigenvalue weighted by Gasteiger charge is 2.18. The third-order valence-corrected chi connectivity index (χ3v) is 4.95. The number of aromatic nitrogens is 2. The van der Waals surface area contributed by atoms with Gasteiger partial charge in [-0.3, -0.25) is 0 Å². The fourth-order valence-electron chi connectivity index (χ4n) is 3.36. The van der Waals surface area contributed by atoms with Crippen LogP contribution in [0, 0.1) is 0 Å². The third kappa shape index (κ3) is 4.07. The number of benzene rings is 3. The molecule has 0 saturated carbocycles. The molecule has 3 aromatic carbocycles. The molecule has 0 aliphatic carbocycles. The maximum Gasteiger partial charge on any atom is 0.203 e. The Balaban J connectivity index is 1.72. The summed E-state index contributed by atoms with van der Waals surface area (Å²) in [6, 6.07) is 17.4. The summed E-state index contributed by atoms with van der Waals surface area (Å²) in [5, 5.41) is 0. The zero-order valence-corrected chi connectivity index (χ0v) is 17.9. The largest absolute Gasteiger partial charge is 0.493 e. The lowest BCUT2D eigenvalue weighted by molar-refractivity contribution is 0.266. The van der Waals surface area contributed by atoms with Gasteiger partial charge in [0.1, 0.15) is 12.4 Å². The molecule has 0 unspecified atom stereocenters. The van der Waals surface area contributed by atoms with Crippen molar-refractivity contribution >= 4 is 11.0 Å². The van der Waals surface area contributed by atoms with Crippen LogP contribution in [0.5, 0.6) is 28.7 Å². The smallest absolute Gasteiger partial charge is 0.203 e. The second-order valence-corrected chi connectivity index (χ2v) is 6.79. The van der Waals surface area contributed by atoms with Gasteiger partial charge in [-0.15, -0.1) is 0 Å². The number of imidazole rings is 1. The van der Waals surface area contributed by atoms with Crippen LogP contribution >= 0.6 is 0 Å². The first-order valence-corrected chi connectivity index (χ1v) is 9.71. The molecular formula is C24H24N2O5. The average Bonchev–Trinajstić information content (AvgIpc) is 3.24. The number of methoxy groups -OCH3 is 4. The van der Waals surface area contributed by atoms with Gasteiger partial charge in [0.2, 0.25) is 5.75 Å². The number of fused-ring (bicyclic) bond motifs is 1. The highest BCUT2D eigenvalue weighted by Crippen LogP contribution is 2.42. The summed E-state index contributed by atoms with van der Waals surface area (Å²) in [5.74, 6) is 3.56. The Bertz CT molecular complexity index is 1120. The molecule has 1 N–H and O–H groups in total. The van der Waals surface area contributed by atoms with Crippen molar-refractivity contribution in [1.29, 1.82) is 0 Å². The van der Waals surface area contributed by atoms with Crippen LogP contribution in [0.4, 0.5) is 0 Å². The van der Waals surface area contributed by atoms with Gasteiger partial charge in [0.25, 0.3) is 0 Å². The van der Waals surface area contributed by atoms with Gasteiger partial charge in [-0.1, -0.05) is 30.3 Å². The van der Waals surface area contributed by atoms with Crippen LogP contribution in [0.25, 0.3) is 22.4 Å². The summed E-state index contributed by atoms with van der Waals surface area (Å²) in [6.45, 7) is 0.400. The Labute approximate surface area is 180 Å².